The summed E-state index contributed by atoms with van der Waals surface area (Å²) in [4.78, 5) is 21.9. The molecule has 0 fully saturated rings. The van der Waals surface area contributed by atoms with E-state index in [1.54, 1.807) is 6.92 Å². The number of nitro groups is 1. The van der Waals surface area contributed by atoms with Crippen molar-refractivity contribution in [1.82, 2.24) is 20.1 Å². The van der Waals surface area contributed by atoms with Crippen LogP contribution >= 0.6 is 0 Å². The summed E-state index contributed by atoms with van der Waals surface area (Å²) in [6.45, 7) is 3.26. The van der Waals surface area contributed by atoms with Gasteiger partial charge in [-0.3, -0.25) is 10.1 Å². The minimum absolute atomic E-state index is 0.0193. The van der Waals surface area contributed by atoms with Gasteiger partial charge >= 0.3 is 5.69 Å². The van der Waals surface area contributed by atoms with Gasteiger partial charge in [0.15, 0.2) is 5.82 Å². The van der Waals surface area contributed by atoms with Crippen molar-refractivity contribution in [3.63, 3.8) is 0 Å². The highest BCUT2D eigenvalue weighted by Gasteiger charge is 2.21. The molecule has 0 spiro atoms. The molecule has 0 saturated carbocycles. The van der Waals surface area contributed by atoms with E-state index in [1.807, 2.05) is 0 Å². The number of aromatic nitrogens is 4. The molecule has 0 aliphatic carbocycles. The van der Waals surface area contributed by atoms with E-state index in [0.717, 1.165) is 0 Å². The van der Waals surface area contributed by atoms with E-state index in [2.05, 4.69) is 25.4 Å². The Morgan fingerprint density at radius 3 is 2.68 bits per heavy atom. The van der Waals surface area contributed by atoms with Gasteiger partial charge in [-0.1, -0.05) is 5.16 Å². The Morgan fingerprint density at radius 2 is 2.11 bits per heavy atom. The number of anilines is 2. The van der Waals surface area contributed by atoms with Crippen molar-refractivity contribution in [3.05, 3.63) is 27.5 Å². The van der Waals surface area contributed by atoms with Gasteiger partial charge < -0.3 is 15.6 Å². The summed E-state index contributed by atoms with van der Waals surface area (Å²) in [5, 5.41) is 17.3. The van der Waals surface area contributed by atoms with Gasteiger partial charge in [0.2, 0.25) is 17.7 Å². The molecule has 0 saturated heterocycles. The van der Waals surface area contributed by atoms with E-state index in [1.165, 1.54) is 6.92 Å². The molecular weight excluding hydrogens is 254 g/mol. The fourth-order valence-corrected chi connectivity index (χ4v) is 1.50. The fraction of sp³-hybridized carbons (Fsp3) is 0.333. The molecule has 0 amide bonds. The summed E-state index contributed by atoms with van der Waals surface area (Å²) >= 11 is 0. The van der Waals surface area contributed by atoms with E-state index in [0.29, 0.717) is 11.7 Å². The lowest BCUT2D eigenvalue weighted by Gasteiger charge is -2.06. The molecule has 100 valence electrons. The highest BCUT2D eigenvalue weighted by Crippen LogP contribution is 2.25. The lowest BCUT2D eigenvalue weighted by molar-refractivity contribution is -0.385. The molecule has 2 heterocycles. The first-order chi connectivity index (χ1) is 8.97. The number of nitrogens with two attached hydrogens (primary N) is 1. The summed E-state index contributed by atoms with van der Waals surface area (Å²) in [6, 6.07) is 0. The first-order valence-corrected chi connectivity index (χ1v) is 5.29. The number of nitrogens with zero attached hydrogens (tertiary/aromatic N) is 5. The molecule has 0 bridgehead atoms. The largest absolute Gasteiger partial charge is 0.368 e. The number of aryl methyl sites for hydroxylation is 2. The predicted octanol–water partition coefficient (Wildman–Crippen LogP) is 0.579. The zero-order valence-electron chi connectivity index (χ0n) is 10.2. The van der Waals surface area contributed by atoms with Crippen LogP contribution < -0.4 is 11.1 Å². The van der Waals surface area contributed by atoms with Crippen LogP contribution in [0.15, 0.2) is 4.52 Å². The summed E-state index contributed by atoms with van der Waals surface area (Å²) in [5.41, 5.74) is 5.42. The quantitative estimate of drug-likeness (QED) is 0.598. The Kier molecular flexibility index (Phi) is 3.23. The zero-order chi connectivity index (χ0) is 14.0. The molecule has 0 radical (unpaired) electrons. The Labute approximate surface area is 107 Å². The van der Waals surface area contributed by atoms with E-state index in [9.17, 15) is 10.1 Å². The molecule has 0 unspecified atom stereocenters. The molecule has 2 aromatic rings. The smallest absolute Gasteiger partial charge is 0.332 e. The summed E-state index contributed by atoms with van der Waals surface area (Å²) in [6.07, 6.45) is 0. The van der Waals surface area contributed by atoms with Crippen molar-refractivity contribution in [3.8, 4) is 0 Å². The number of nitrogen functional groups attached to an aromatic ring is 1. The first kappa shape index (κ1) is 12.7. The highest BCUT2D eigenvalue weighted by atomic mass is 16.6. The second-order valence-electron chi connectivity index (χ2n) is 3.71. The van der Waals surface area contributed by atoms with Crippen LogP contribution in [-0.2, 0) is 6.54 Å². The van der Waals surface area contributed by atoms with Crippen LogP contribution in [0, 0.1) is 24.0 Å². The monoisotopic (exact) mass is 265 g/mol. The van der Waals surface area contributed by atoms with Crippen molar-refractivity contribution >= 4 is 17.5 Å². The van der Waals surface area contributed by atoms with Gasteiger partial charge in [-0.05, 0) is 13.8 Å². The molecule has 0 atom stereocenters. The van der Waals surface area contributed by atoms with Gasteiger partial charge in [-0.25, -0.2) is 4.98 Å². The molecule has 19 heavy (non-hydrogen) atoms. The summed E-state index contributed by atoms with van der Waals surface area (Å²) < 4.78 is 4.88. The lowest BCUT2D eigenvalue weighted by atomic mass is 10.3. The topological polar surface area (TPSA) is 146 Å². The second-order valence-corrected chi connectivity index (χ2v) is 3.71. The molecule has 0 aliphatic heterocycles. The maximum absolute atomic E-state index is 11.0. The third-order valence-electron chi connectivity index (χ3n) is 2.23. The maximum atomic E-state index is 11.0. The minimum Gasteiger partial charge on any atom is -0.368 e. The van der Waals surface area contributed by atoms with Crippen molar-refractivity contribution in [1.29, 1.82) is 0 Å². The Hall–Kier alpha value is -2.78. The maximum Gasteiger partial charge on any atom is 0.332 e. The molecule has 10 heteroatoms. The molecule has 10 nitrogen and oxygen atoms in total. The zero-order valence-corrected chi connectivity index (χ0v) is 10.2. The van der Waals surface area contributed by atoms with Crippen molar-refractivity contribution in [2.45, 2.75) is 20.4 Å². The van der Waals surface area contributed by atoms with Crippen LogP contribution in [0.5, 0.6) is 0 Å². The molecule has 2 aromatic heterocycles. The Balaban J connectivity index is 2.26. The Bertz CT molecular complexity index is 624. The molecule has 2 rings (SSSR count). The van der Waals surface area contributed by atoms with Crippen molar-refractivity contribution in [2.75, 3.05) is 11.1 Å². The molecular formula is C9H11N7O3. The molecule has 0 aliphatic rings. The highest BCUT2D eigenvalue weighted by molar-refractivity contribution is 5.60. The van der Waals surface area contributed by atoms with Gasteiger partial charge in [0, 0.05) is 0 Å². The van der Waals surface area contributed by atoms with Crippen LogP contribution in [-0.4, -0.2) is 25.0 Å². The van der Waals surface area contributed by atoms with E-state index in [4.69, 9.17) is 10.3 Å². The van der Waals surface area contributed by atoms with Crippen molar-refractivity contribution in [2.24, 2.45) is 0 Å². The first-order valence-electron chi connectivity index (χ1n) is 5.29. The number of hydrogen-bond acceptors (Lipinski definition) is 9. The van der Waals surface area contributed by atoms with Crippen LogP contribution in [0.3, 0.4) is 0 Å². The fourth-order valence-electron chi connectivity index (χ4n) is 1.50. The molecule has 0 aromatic carbocycles. The van der Waals surface area contributed by atoms with Crippen LogP contribution in [0.4, 0.5) is 17.5 Å². The third-order valence-corrected chi connectivity index (χ3v) is 2.23. The average Bonchev–Trinajstić information content (AvgIpc) is 2.71. The average molecular weight is 265 g/mol. The third kappa shape index (κ3) is 2.73. The van der Waals surface area contributed by atoms with Crippen LogP contribution in [0.25, 0.3) is 0 Å². The number of nitrogens with one attached hydrogen (secondary N) is 1. The van der Waals surface area contributed by atoms with Gasteiger partial charge in [0.1, 0.15) is 5.69 Å². The van der Waals surface area contributed by atoms with E-state index >= 15 is 0 Å². The standard InChI is InChI=1S/C9H11N7O3/c1-4-7(16(17)18)8(14-9(10)12-4)11-3-6-13-5(2)15-19-6/h3H2,1-2H3,(H3,10,11,12,14). The van der Waals surface area contributed by atoms with Gasteiger partial charge in [0.05, 0.1) is 11.5 Å². The summed E-state index contributed by atoms with van der Waals surface area (Å²) in [5.74, 6) is 0.740. The minimum atomic E-state index is -0.573. The van der Waals surface area contributed by atoms with Gasteiger partial charge in [-0.15, -0.1) is 0 Å². The Morgan fingerprint density at radius 1 is 1.37 bits per heavy atom. The second kappa shape index (κ2) is 4.84. The van der Waals surface area contributed by atoms with Gasteiger partial charge in [-0.2, -0.15) is 9.97 Å². The predicted molar refractivity (Wildman–Crippen MR) is 64.2 cm³/mol. The van der Waals surface area contributed by atoms with Gasteiger partial charge in [0.25, 0.3) is 0 Å². The van der Waals surface area contributed by atoms with Crippen LogP contribution in [0.2, 0.25) is 0 Å². The summed E-state index contributed by atoms with van der Waals surface area (Å²) in [7, 11) is 0. The number of hydrogen-bond donors (Lipinski definition) is 2. The number of rotatable bonds is 4. The van der Waals surface area contributed by atoms with E-state index in [-0.39, 0.29) is 29.7 Å². The normalized spacial score (nSPS) is 10.4. The SMILES string of the molecule is Cc1noc(CNc2nc(N)nc(C)c2[N+](=O)[O-])n1. The van der Waals surface area contributed by atoms with E-state index < -0.39 is 4.92 Å². The lowest BCUT2D eigenvalue weighted by Crippen LogP contribution is -2.09. The van der Waals surface area contributed by atoms with Crippen LogP contribution in [0.1, 0.15) is 17.4 Å². The van der Waals surface area contributed by atoms with Crippen molar-refractivity contribution < 1.29 is 9.45 Å². The molecule has 3 N–H and O–H groups in total.